The van der Waals surface area contributed by atoms with E-state index in [4.69, 9.17) is 0 Å². The van der Waals surface area contributed by atoms with Gasteiger partial charge in [0, 0.05) is 17.1 Å². The van der Waals surface area contributed by atoms with Gasteiger partial charge in [-0.15, -0.1) is 0 Å². The SMILES string of the molecule is CC(C)NCC(C)c1ccc(Br)cc1F. The molecule has 84 valence electrons. The Hall–Kier alpha value is -0.410. The molecule has 0 amide bonds. The molecule has 1 aromatic carbocycles. The molecule has 0 fully saturated rings. The highest BCUT2D eigenvalue weighted by Crippen LogP contribution is 2.21. The van der Waals surface area contributed by atoms with Crippen LogP contribution in [0.25, 0.3) is 0 Å². The summed E-state index contributed by atoms with van der Waals surface area (Å²) >= 11 is 3.25. The summed E-state index contributed by atoms with van der Waals surface area (Å²) in [6, 6.07) is 5.67. The zero-order valence-electron chi connectivity index (χ0n) is 9.35. The predicted octanol–water partition coefficient (Wildman–Crippen LogP) is 3.69. The molecule has 0 aromatic heterocycles. The molecule has 1 aromatic rings. The minimum Gasteiger partial charge on any atom is -0.314 e. The maximum atomic E-state index is 13.6. The summed E-state index contributed by atoms with van der Waals surface area (Å²) in [5.74, 6) is 0.0583. The molecule has 3 heteroatoms. The third kappa shape index (κ3) is 3.92. The Balaban J connectivity index is 2.69. The van der Waals surface area contributed by atoms with E-state index >= 15 is 0 Å². The van der Waals surface area contributed by atoms with Gasteiger partial charge in [-0.25, -0.2) is 4.39 Å². The normalized spacial score (nSPS) is 13.2. The lowest BCUT2D eigenvalue weighted by molar-refractivity contribution is 0.526. The Morgan fingerprint density at radius 3 is 2.53 bits per heavy atom. The Morgan fingerprint density at radius 2 is 2.00 bits per heavy atom. The molecule has 1 unspecified atom stereocenters. The van der Waals surface area contributed by atoms with Crippen molar-refractivity contribution >= 4 is 15.9 Å². The minimum absolute atomic E-state index is 0.137. The molecule has 1 atom stereocenters. The fourth-order valence-electron chi connectivity index (χ4n) is 1.42. The first-order valence-corrected chi connectivity index (χ1v) is 5.98. The molecule has 0 aliphatic heterocycles. The summed E-state index contributed by atoms with van der Waals surface area (Å²) in [6.45, 7) is 7.01. The summed E-state index contributed by atoms with van der Waals surface area (Å²) in [7, 11) is 0. The van der Waals surface area contributed by atoms with Gasteiger partial charge in [-0.3, -0.25) is 0 Å². The second-order valence-corrected chi connectivity index (χ2v) is 5.05. The molecule has 15 heavy (non-hydrogen) atoms. The van der Waals surface area contributed by atoms with Crippen molar-refractivity contribution in [1.82, 2.24) is 5.32 Å². The number of nitrogens with one attached hydrogen (secondary N) is 1. The van der Waals surface area contributed by atoms with Gasteiger partial charge >= 0.3 is 0 Å². The number of halogens is 2. The molecular weight excluding hydrogens is 257 g/mol. The van der Waals surface area contributed by atoms with Crippen molar-refractivity contribution in [2.75, 3.05) is 6.54 Å². The van der Waals surface area contributed by atoms with E-state index in [9.17, 15) is 4.39 Å². The van der Waals surface area contributed by atoms with Crippen LogP contribution >= 0.6 is 15.9 Å². The van der Waals surface area contributed by atoms with Crippen molar-refractivity contribution in [3.05, 3.63) is 34.1 Å². The summed E-state index contributed by atoms with van der Waals surface area (Å²) in [4.78, 5) is 0. The highest BCUT2D eigenvalue weighted by molar-refractivity contribution is 9.10. The Kier molecular flexibility index (Phi) is 4.74. The quantitative estimate of drug-likeness (QED) is 0.883. The monoisotopic (exact) mass is 273 g/mol. The van der Waals surface area contributed by atoms with Crippen LogP contribution < -0.4 is 5.32 Å². The van der Waals surface area contributed by atoms with E-state index in [2.05, 4.69) is 35.1 Å². The Bertz CT molecular complexity index is 325. The predicted molar refractivity (Wildman–Crippen MR) is 65.7 cm³/mol. The lowest BCUT2D eigenvalue weighted by Gasteiger charge is -2.16. The molecule has 0 bridgehead atoms. The molecule has 0 saturated heterocycles. The van der Waals surface area contributed by atoms with Gasteiger partial charge in [0.15, 0.2) is 0 Å². The zero-order valence-corrected chi connectivity index (χ0v) is 10.9. The van der Waals surface area contributed by atoms with Crippen LogP contribution in [-0.2, 0) is 0 Å². The van der Waals surface area contributed by atoms with Crippen LogP contribution in [0, 0.1) is 5.82 Å². The molecule has 0 aliphatic rings. The lowest BCUT2D eigenvalue weighted by atomic mass is 10.0. The van der Waals surface area contributed by atoms with Crippen molar-refractivity contribution < 1.29 is 4.39 Å². The van der Waals surface area contributed by atoms with Crippen molar-refractivity contribution in [3.63, 3.8) is 0 Å². The lowest BCUT2D eigenvalue weighted by Crippen LogP contribution is -2.27. The minimum atomic E-state index is -0.137. The van der Waals surface area contributed by atoms with Gasteiger partial charge in [0.2, 0.25) is 0 Å². The van der Waals surface area contributed by atoms with Crippen LogP contribution in [0.15, 0.2) is 22.7 Å². The molecule has 0 spiro atoms. The third-order valence-electron chi connectivity index (χ3n) is 2.33. The van der Waals surface area contributed by atoms with E-state index in [0.717, 1.165) is 16.6 Å². The number of hydrogen-bond acceptors (Lipinski definition) is 1. The van der Waals surface area contributed by atoms with Gasteiger partial charge in [-0.1, -0.05) is 42.8 Å². The van der Waals surface area contributed by atoms with Crippen molar-refractivity contribution in [3.8, 4) is 0 Å². The first-order chi connectivity index (χ1) is 7.00. The van der Waals surface area contributed by atoms with Gasteiger partial charge < -0.3 is 5.32 Å². The standard InChI is InChI=1S/C12H17BrFN/c1-8(2)15-7-9(3)11-5-4-10(13)6-12(11)14/h4-6,8-9,15H,7H2,1-3H3. The number of hydrogen-bond donors (Lipinski definition) is 1. The molecular formula is C12H17BrFN. The van der Waals surface area contributed by atoms with Crippen molar-refractivity contribution in [1.29, 1.82) is 0 Å². The van der Waals surface area contributed by atoms with E-state index in [1.54, 1.807) is 0 Å². The fraction of sp³-hybridized carbons (Fsp3) is 0.500. The average molecular weight is 274 g/mol. The van der Waals surface area contributed by atoms with Gasteiger partial charge in [-0.2, -0.15) is 0 Å². The summed E-state index contributed by atoms with van der Waals surface area (Å²) < 4.78 is 14.4. The van der Waals surface area contributed by atoms with Crippen LogP contribution in [0.1, 0.15) is 32.3 Å². The molecule has 1 nitrogen and oxygen atoms in total. The maximum Gasteiger partial charge on any atom is 0.127 e. The van der Waals surface area contributed by atoms with Crippen molar-refractivity contribution in [2.45, 2.75) is 32.7 Å². The highest BCUT2D eigenvalue weighted by atomic mass is 79.9. The summed E-state index contributed by atoms with van der Waals surface area (Å²) in [6.07, 6.45) is 0. The smallest absolute Gasteiger partial charge is 0.127 e. The van der Waals surface area contributed by atoms with Crippen LogP contribution in [0.3, 0.4) is 0 Å². The molecule has 0 saturated carbocycles. The Labute approximate surface area is 99.2 Å². The van der Waals surface area contributed by atoms with Gasteiger partial charge in [0.25, 0.3) is 0 Å². The zero-order chi connectivity index (χ0) is 11.4. The first-order valence-electron chi connectivity index (χ1n) is 5.19. The van der Waals surface area contributed by atoms with Gasteiger partial charge in [0.1, 0.15) is 5.82 Å². The van der Waals surface area contributed by atoms with Crippen LogP contribution in [0.2, 0.25) is 0 Å². The fourth-order valence-corrected chi connectivity index (χ4v) is 1.76. The average Bonchev–Trinajstić information content (AvgIpc) is 2.14. The number of rotatable bonds is 4. The van der Waals surface area contributed by atoms with E-state index < -0.39 is 0 Å². The van der Waals surface area contributed by atoms with E-state index in [1.165, 1.54) is 6.07 Å². The second-order valence-electron chi connectivity index (χ2n) is 4.13. The third-order valence-corrected chi connectivity index (χ3v) is 2.82. The molecule has 0 heterocycles. The van der Waals surface area contributed by atoms with Crippen LogP contribution in [0.5, 0.6) is 0 Å². The molecule has 0 aliphatic carbocycles. The summed E-state index contributed by atoms with van der Waals surface area (Å²) in [5.41, 5.74) is 0.770. The second kappa shape index (κ2) is 5.61. The van der Waals surface area contributed by atoms with Crippen molar-refractivity contribution in [2.24, 2.45) is 0 Å². The van der Waals surface area contributed by atoms with E-state index in [0.29, 0.717) is 6.04 Å². The maximum absolute atomic E-state index is 13.6. The van der Waals surface area contributed by atoms with E-state index in [-0.39, 0.29) is 11.7 Å². The first kappa shape index (κ1) is 12.7. The molecule has 1 N–H and O–H groups in total. The largest absolute Gasteiger partial charge is 0.314 e. The molecule has 0 radical (unpaired) electrons. The number of benzene rings is 1. The van der Waals surface area contributed by atoms with Gasteiger partial charge in [0.05, 0.1) is 0 Å². The highest BCUT2D eigenvalue weighted by Gasteiger charge is 2.11. The molecule has 1 rings (SSSR count). The Morgan fingerprint density at radius 1 is 1.33 bits per heavy atom. The summed E-state index contributed by atoms with van der Waals surface area (Å²) in [5, 5.41) is 3.31. The van der Waals surface area contributed by atoms with Crippen LogP contribution in [-0.4, -0.2) is 12.6 Å². The van der Waals surface area contributed by atoms with Gasteiger partial charge in [-0.05, 0) is 23.6 Å². The van der Waals surface area contributed by atoms with E-state index in [1.807, 2.05) is 19.1 Å². The van der Waals surface area contributed by atoms with Crippen LogP contribution in [0.4, 0.5) is 4.39 Å². The topological polar surface area (TPSA) is 12.0 Å².